The van der Waals surface area contributed by atoms with Gasteiger partial charge in [0.05, 0.1) is 87.6 Å². The number of hydrogen-bond donors (Lipinski definition) is 5. The van der Waals surface area contributed by atoms with Crippen molar-refractivity contribution in [2.24, 2.45) is 39.0 Å². The molecule has 3 amide bonds. The smallest absolute Gasteiger partial charge is 0.410 e. The number of likely N-dealkylation sites (N-methyl/N-ethyl adjacent to an activating group) is 2. The minimum Gasteiger partial charge on any atom is -0.481 e. The summed E-state index contributed by atoms with van der Waals surface area (Å²) in [5.41, 5.74) is 25.7. The molecule has 2 saturated carbocycles. The topological polar surface area (TPSA) is 306 Å². The molecule has 7 N–H and O–H groups in total. The molecule has 6 aromatic carbocycles. The molecule has 24 nitrogen and oxygen atoms in total. The number of benzene rings is 6. The van der Waals surface area contributed by atoms with Gasteiger partial charge in [0.2, 0.25) is 11.6 Å². The van der Waals surface area contributed by atoms with Crippen molar-refractivity contribution >= 4 is 134 Å². The zero-order valence-corrected chi connectivity index (χ0v) is 71.9. The summed E-state index contributed by atoms with van der Waals surface area (Å²) in [6.45, 7) is 9.55. The molecule has 3 aliphatic heterocycles. The average Bonchev–Trinajstić information content (AvgIpc) is 1.59. The molecule has 2 bridgehead atoms. The minimum atomic E-state index is -0.655. The summed E-state index contributed by atoms with van der Waals surface area (Å²) in [5.74, 6) is -0.162. The molecule has 10 aromatic rings. The first-order chi connectivity index (χ1) is 56.2. The predicted molar refractivity (Wildman–Crippen MR) is 463 cm³/mol. The number of carboxylic acid groups (broad SMARTS) is 1. The summed E-state index contributed by atoms with van der Waals surface area (Å²) < 4.78 is 13.0. The van der Waals surface area contributed by atoms with Crippen LogP contribution in [0.5, 0.6) is 0 Å². The van der Waals surface area contributed by atoms with Crippen molar-refractivity contribution in [2.75, 3.05) is 55.8 Å². The number of amides is 3. The molecule has 2 fully saturated rings. The molecule has 30 heteroatoms. The van der Waals surface area contributed by atoms with Gasteiger partial charge in [-0.3, -0.25) is 24.0 Å². The predicted octanol–water partition coefficient (Wildman–Crippen LogP) is 17.2. The van der Waals surface area contributed by atoms with E-state index in [1.165, 1.54) is 0 Å². The third kappa shape index (κ3) is 18.0. The molecule has 3 aliphatic carbocycles. The van der Waals surface area contributed by atoms with Crippen molar-refractivity contribution in [1.82, 2.24) is 52.9 Å². The molecule has 618 valence electrons. The standard InChI is InChI=1S/C35H38Cl2N6O4.C31H33Cl2N7O2.C12H10Cl2N2.C10H14O3/c1-35(2,3)47-34(46)43-17-16-27-25(19-43)39-31(41(27)4)28(44)18-20-10-8-11-21(29(20)36)22-12-9-14-24(30(22)37)40-33(45)32-38-23-13-6-7-15-26(23)42(32)5;1-37-13-11-24-22(16-37)34-29(39(24)3)26(41)15-18-7-5-8-19(27(18)32)20-9-6-10-21(28(20)33)36-31(42)30-35-23-17-38(2)14-12-25(23)40(30)4;13-11-7(3-1-5-9(11)15)8-4-2-6-10(16)12(8)14;11-6-5-9-1-3-10(7-9,4-2-9)8(12)13/h8-12,14H,6-7,13,15-19H2,1-5H3,(H,40,45);5-10H,11-17H2,1-4H3,(H,36,42);1-6H,15-16H2;6H,1-5,7H2,(H,12,13). The van der Waals surface area contributed by atoms with Crippen LogP contribution in [0.2, 0.25) is 30.1 Å². The number of carboxylic acids is 1. The van der Waals surface area contributed by atoms with Crippen molar-refractivity contribution in [3.63, 3.8) is 0 Å². The SMILES string of the molecule is CN1CCc2c(nc(C(=O)Cc3cccc(-c4cccc(NC(=O)c5nc6c(n5C)CCN(C)C6)c4Cl)c3Cl)n2C)C1.Cn1c(C(=O)Cc2cccc(-c3cccc(NC(=O)c4nc5c(n4C)CCCC5)c3Cl)c2Cl)nc2c1CCN(C(=O)OC(C)(C)C)C2.Nc1cccc(-c2cccc(N)c2Cl)c1Cl.O=CCC12CCC(C(=O)O)(CC1)C2. The molecular formula is C88H95Cl6N15O9. The number of anilines is 4. The van der Waals surface area contributed by atoms with Gasteiger partial charge in [-0.15, -0.1) is 0 Å². The second-order valence-electron chi connectivity index (χ2n) is 32.4. The Kier molecular flexibility index (Phi) is 25.9. The van der Waals surface area contributed by atoms with E-state index >= 15 is 0 Å². The van der Waals surface area contributed by atoms with E-state index in [1.54, 1.807) is 41.3 Å². The van der Waals surface area contributed by atoms with E-state index in [1.807, 2.05) is 147 Å². The number of nitrogens with one attached hydrogen (secondary N) is 2. The summed E-state index contributed by atoms with van der Waals surface area (Å²) in [4.78, 5) is 112. The lowest BCUT2D eigenvalue weighted by Gasteiger charge is -2.29. The Balaban J connectivity index is 0.000000153. The number of nitrogens with zero attached hydrogens (tertiary/aromatic N) is 11. The number of ketones is 2. The van der Waals surface area contributed by atoms with Crippen LogP contribution < -0.4 is 22.1 Å². The van der Waals surface area contributed by atoms with Crippen LogP contribution in [0, 0.1) is 10.8 Å². The van der Waals surface area contributed by atoms with Crippen LogP contribution in [0.15, 0.2) is 109 Å². The fourth-order valence-corrected chi connectivity index (χ4v) is 18.5. The monoisotopic (exact) mass is 1720 g/mol. The van der Waals surface area contributed by atoms with E-state index in [9.17, 15) is 33.6 Å². The summed E-state index contributed by atoms with van der Waals surface area (Å²) in [6, 6.07) is 32.7. The highest BCUT2D eigenvalue weighted by Gasteiger charge is 2.58. The van der Waals surface area contributed by atoms with Gasteiger partial charge in [-0.2, -0.15) is 0 Å². The maximum absolute atomic E-state index is 13.6. The first-order valence-electron chi connectivity index (χ1n) is 39.3. The van der Waals surface area contributed by atoms with E-state index in [0.29, 0.717) is 141 Å². The maximum Gasteiger partial charge on any atom is 0.410 e. The number of rotatable bonds is 16. The zero-order chi connectivity index (χ0) is 84.6. The van der Waals surface area contributed by atoms with Gasteiger partial charge < -0.3 is 69.7 Å². The number of hydrogen-bond acceptors (Lipinski definition) is 16. The number of carbonyl (C=O) groups is 7. The molecule has 0 unspecified atom stereocenters. The lowest BCUT2D eigenvalue weighted by Crippen LogP contribution is -2.40. The minimum absolute atomic E-state index is 0.0179. The fraction of sp³-hybridized carbons (Fsp3) is 0.375. The summed E-state index contributed by atoms with van der Waals surface area (Å²) in [6.07, 6.45) is 11.6. The lowest BCUT2D eigenvalue weighted by atomic mass is 9.80. The molecule has 4 aromatic heterocycles. The van der Waals surface area contributed by atoms with Crippen LogP contribution in [-0.4, -0.2) is 139 Å². The Labute approximate surface area is 715 Å². The summed E-state index contributed by atoms with van der Waals surface area (Å²) in [7, 11) is 11.6. The zero-order valence-electron chi connectivity index (χ0n) is 67.4. The molecule has 118 heavy (non-hydrogen) atoms. The first kappa shape index (κ1) is 86.0. The van der Waals surface area contributed by atoms with Crippen LogP contribution >= 0.6 is 69.6 Å². The number of imidazole rings is 4. The molecule has 0 radical (unpaired) electrons. The van der Waals surface area contributed by atoms with Crippen molar-refractivity contribution < 1.29 is 43.4 Å². The van der Waals surface area contributed by atoms with Crippen molar-refractivity contribution in [1.29, 1.82) is 0 Å². The van der Waals surface area contributed by atoms with Crippen molar-refractivity contribution in [3.8, 4) is 33.4 Å². The molecular weight excluding hydrogens is 1620 g/mol. The van der Waals surface area contributed by atoms with E-state index in [-0.39, 0.29) is 48.2 Å². The highest BCUT2D eigenvalue weighted by atomic mass is 35.5. The van der Waals surface area contributed by atoms with E-state index in [0.717, 1.165) is 148 Å². The van der Waals surface area contributed by atoms with Crippen LogP contribution in [0.4, 0.5) is 27.5 Å². The molecule has 16 rings (SSSR count). The Morgan fingerprint density at radius 1 is 0.475 bits per heavy atom. The first-order valence-corrected chi connectivity index (χ1v) is 41.5. The van der Waals surface area contributed by atoms with Gasteiger partial charge in [0.15, 0.2) is 23.3 Å². The number of fused-ring (bicyclic) bond motifs is 6. The molecule has 0 atom stereocenters. The molecule has 0 saturated heterocycles. The molecule has 0 spiro atoms. The van der Waals surface area contributed by atoms with Gasteiger partial charge in [0.25, 0.3) is 11.8 Å². The fourth-order valence-electron chi connectivity index (χ4n) is 16.9. The number of nitrogen functional groups attached to an aromatic ring is 2. The number of aliphatic carboxylic acids is 1. The number of ether oxygens (including phenoxy) is 1. The average molecular weight is 1720 g/mol. The lowest BCUT2D eigenvalue weighted by molar-refractivity contribution is -0.148. The second kappa shape index (κ2) is 35.6. The largest absolute Gasteiger partial charge is 0.481 e. The van der Waals surface area contributed by atoms with Crippen molar-refractivity contribution in [3.05, 3.63) is 219 Å². The highest BCUT2D eigenvalue weighted by Crippen LogP contribution is 2.63. The van der Waals surface area contributed by atoms with E-state index < -0.39 is 23.1 Å². The third-order valence-corrected chi connectivity index (χ3v) is 25.9. The van der Waals surface area contributed by atoms with Gasteiger partial charge in [-0.1, -0.05) is 155 Å². The quantitative estimate of drug-likeness (QED) is 0.0341. The van der Waals surface area contributed by atoms with Crippen LogP contribution in [-0.2, 0) is 107 Å². The normalized spacial score (nSPS) is 17.3. The molecule has 7 heterocycles. The summed E-state index contributed by atoms with van der Waals surface area (Å²) in [5, 5.41) is 17.5. The number of aromatic nitrogens is 8. The number of nitrogens with two attached hydrogens (primary N) is 2. The van der Waals surface area contributed by atoms with Gasteiger partial charge in [0, 0.05) is 156 Å². The molecule has 6 aliphatic rings. The highest BCUT2D eigenvalue weighted by molar-refractivity contribution is 6.41. The second-order valence-corrected chi connectivity index (χ2v) is 34.7. The number of aldehydes is 1. The van der Waals surface area contributed by atoms with Gasteiger partial charge in [-0.05, 0) is 133 Å². The number of aryl methyl sites for hydroxylation is 1. The van der Waals surface area contributed by atoms with Gasteiger partial charge in [-0.25, -0.2) is 24.7 Å². The van der Waals surface area contributed by atoms with E-state index in [4.69, 9.17) is 90.9 Å². The van der Waals surface area contributed by atoms with Crippen LogP contribution in [0.3, 0.4) is 0 Å². The Morgan fingerprint density at radius 3 is 1.27 bits per heavy atom. The van der Waals surface area contributed by atoms with Gasteiger partial charge >= 0.3 is 12.1 Å². The number of carbonyl (C=O) groups excluding carboxylic acids is 6. The van der Waals surface area contributed by atoms with Crippen LogP contribution in [0.1, 0.15) is 171 Å². The third-order valence-electron chi connectivity index (χ3n) is 23.3. The Bertz CT molecular complexity index is 5440. The summed E-state index contributed by atoms with van der Waals surface area (Å²) >= 11 is 39.8. The van der Waals surface area contributed by atoms with Crippen molar-refractivity contribution in [2.45, 2.75) is 142 Å². The Hall–Kier alpha value is -9.89. The number of Topliss-reactive ketones (excluding diaryl/α,β-unsaturated/α-hetero) is 2. The maximum atomic E-state index is 13.6. The van der Waals surface area contributed by atoms with Crippen LogP contribution in [0.25, 0.3) is 33.4 Å². The Morgan fingerprint density at radius 2 is 0.847 bits per heavy atom. The van der Waals surface area contributed by atoms with E-state index in [2.05, 4.69) is 47.4 Å². The van der Waals surface area contributed by atoms with Gasteiger partial charge in [0.1, 0.15) is 11.9 Å². The number of halogens is 6.